The van der Waals surface area contributed by atoms with Gasteiger partial charge in [-0.3, -0.25) is 9.69 Å². The minimum absolute atomic E-state index is 0.0172. The number of hydrogen-bond acceptors (Lipinski definition) is 3. The first-order valence-electron chi connectivity index (χ1n) is 8.25. The molecule has 0 aromatic heterocycles. The number of hydrogen-bond donors (Lipinski definition) is 1. The molecule has 0 heterocycles. The van der Waals surface area contributed by atoms with E-state index in [2.05, 4.69) is 11.4 Å². The fourth-order valence-electron chi connectivity index (χ4n) is 2.77. The zero-order chi connectivity index (χ0) is 17.5. The topological polar surface area (TPSA) is 41.6 Å². The van der Waals surface area contributed by atoms with E-state index >= 15 is 0 Å². The third-order valence-electron chi connectivity index (χ3n) is 3.63. The fourth-order valence-corrected chi connectivity index (χ4v) is 2.77. The smallest absolute Gasteiger partial charge is 0.238 e. The van der Waals surface area contributed by atoms with Crippen molar-refractivity contribution in [3.63, 3.8) is 0 Å². The van der Waals surface area contributed by atoms with Crippen LogP contribution in [0.3, 0.4) is 0 Å². The van der Waals surface area contributed by atoms with Crippen LogP contribution in [0.25, 0.3) is 0 Å². The number of rotatable bonds is 7. The molecule has 0 fully saturated rings. The highest BCUT2D eigenvalue weighted by atomic mass is 16.5. The molecule has 0 unspecified atom stereocenters. The summed E-state index contributed by atoms with van der Waals surface area (Å²) in [4.78, 5) is 14.2. The summed E-state index contributed by atoms with van der Waals surface area (Å²) in [6, 6.07) is 14.0. The first-order valence-corrected chi connectivity index (χ1v) is 8.25. The highest BCUT2D eigenvalue weighted by molar-refractivity contribution is 5.92. The molecule has 0 spiro atoms. The molecule has 0 radical (unpaired) electrons. The molecule has 1 amide bonds. The van der Waals surface area contributed by atoms with Crippen LogP contribution >= 0.6 is 0 Å². The van der Waals surface area contributed by atoms with Gasteiger partial charge in [0.1, 0.15) is 5.75 Å². The quantitative estimate of drug-likeness (QED) is 0.842. The maximum absolute atomic E-state index is 12.3. The van der Waals surface area contributed by atoms with E-state index in [0.717, 1.165) is 28.1 Å². The molecule has 0 bridgehead atoms. The average molecular weight is 326 g/mol. The monoisotopic (exact) mass is 326 g/mol. The zero-order valence-corrected chi connectivity index (χ0v) is 14.9. The molecule has 0 aliphatic rings. The van der Waals surface area contributed by atoms with Gasteiger partial charge in [0.05, 0.1) is 13.2 Å². The van der Waals surface area contributed by atoms with Crippen LogP contribution < -0.4 is 10.1 Å². The third-order valence-corrected chi connectivity index (χ3v) is 3.63. The van der Waals surface area contributed by atoms with E-state index in [0.29, 0.717) is 19.7 Å². The molecule has 4 heteroatoms. The lowest BCUT2D eigenvalue weighted by Gasteiger charge is -2.18. The number of amides is 1. The van der Waals surface area contributed by atoms with Crippen molar-refractivity contribution in [1.82, 2.24) is 4.90 Å². The van der Waals surface area contributed by atoms with E-state index in [9.17, 15) is 4.79 Å². The predicted octanol–water partition coefficient (Wildman–Crippen LogP) is 3.77. The second-order valence-corrected chi connectivity index (χ2v) is 6.14. The van der Waals surface area contributed by atoms with E-state index in [1.54, 1.807) is 0 Å². The largest absolute Gasteiger partial charge is 0.494 e. The Morgan fingerprint density at radius 3 is 2.46 bits per heavy atom. The van der Waals surface area contributed by atoms with Crippen LogP contribution in [-0.2, 0) is 11.3 Å². The minimum atomic E-state index is -0.0172. The van der Waals surface area contributed by atoms with Crippen LogP contribution in [0.2, 0.25) is 0 Å². The molecule has 0 aliphatic heterocycles. The summed E-state index contributed by atoms with van der Waals surface area (Å²) in [5.74, 6) is 0.859. The molecule has 1 N–H and O–H groups in total. The Balaban J connectivity index is 1.94. The predicted molar refractivity (Wildman–Crippen MR) is 98.5 cm³/mol. The van der Waals surface area contributed by atoms with Gasteiger partial charge in [-0.2, -0.15) is 0 Å². The molecule has 4 nitrogen and oxygen atoms in total. The average Bonchev–Trinajstić information content (AvgIpc) is 2.48. The van der Waals surface area contributed by atoms with Gasteiger partial charge in [0, 0.05) is 17.8 Å². The first kappa shape index (κ1) is 18.0. The van der Waals surface area contributed by atoms with Crippen LogP contribution in [0.15, 0.2) is 42.5 Å². The maximum Gasteiger partial charge on any atom is 0.238 e. The van der Waals surface area contributed by atoms with Crippen molar-refractivity contribution < 1.29 is 9.53 Å². The van der Waals surface area contributed by atoms with Gasteiger partial charge in [-0.25, -0.2) is 0 Å². The number of likely N-dealkylation sites (N-methyl/N-ethyl adjacent to an activating group) is 1. The standard InChI is InChI=1S/C20H26N2O2/c1-5-24-19-9-7-6-8-17(19)13-22(4)14-20(23)21-18-11-15(2)10-16(3)12-18/h6-12H,5,13-14H2,1-4H3,(H,21,23). The molecule has 2 aromatic rings. The number of nitrogens with zero attached hydrogens (tertiary/aromatic N) is 1. The zero-order valence-electron chi connectivity index (χ0n) is 14.9. The summed E-state index contributed by atoms with van der Waals surface area (Å²) in [6.07, 6.45) is 0. The Morgan fingerprint density at radius 2 is 1.79 bits per heavy atom. The molecule has 0 saturated carbocycles. The van der Waals surface area contributed by atoms with Crippen LogP contribution in [-0.4, -0.2) is 31.0 Å². The van der Waals surface area contributed by atoms with Gasteiger partial charge in [-0.05, 0) is 57.1 Å². The molecular weight excluding hydrogens is 300 g/mol. The molecule has 2 rings (SSSR count). The van der Waals surface area contributed by atoms with E-state index in [4.69, 9.17) is 4.74 Å². The van der Waals surface area contributed by atoms with Crippen molar-refractivity contribution in [3.8, 4) is 5.75 Å². The number of carbonyl (C=O) groups excluding carboxylic acids is 1. The Morgan fingerprint density at radius 1 is 1.12 bits per heavy atom. The summed E-state index contributed by atoms with van der Waals surface area (Å²) < 4.78 is 5.64. The lowest BCUT2D eigenvalue weighted by atomic mass is 10.1. The van der Waals surface area contributed by atoms with Gasteiger partial charge in [0.15, 0.2) is 0 Å². The summed E-state index contributed by atoms with van der Waals surface area (Å²) in [6.45, 7) is 7.65. The van der Waals surface area contributed by atoms with Crippen molar-refractivity contribution in [1.29, 1.82) is 0 Å². The van der Waals surface area contributed by atoms with Crippen LogP contribution in [0, 0.1) is 13.8 Å². The Kier molecular flexibility index (Phi) is 6.38. The van der Waals surface area contributed by atoms with Crippen molar-refractivity contribution in [2.75, 3.05) is 25.5 Å². The lowest BCUT2D eigenvalue weighted by molar-refractivity contribution is -0.117. The summed E-state index contributed by atoms with van der Waals surface area (Å²) in [5.41, 5.74) is 4.22. The van der Waals surface area contributed by atoms with E-state index in [1.807, 2.05) is 69.1 Å². The second kappa shape index (κ2) is 8.50. The Labute approximate surface area is 144 Å². The van der Waals surface area contributed by atoms with Crippen molar-refractivity contribution in [2.45, 2.75) is 27.3 Å². The Hall–Kier alpha value is -2.33. The number of nitrogens with one attached hydrogen (secondary N) is 1. The summed E-state index contributed by atoms with van der Waals surface area (Å²) >= 11 is 0. The lowest BCUT2D eigenvalue weighted by Crippen LogP contribution is -2.30. The SMILES string of the molecule is CCOc1ccccc1CN(C)CC(=O)Nc1cc(C)cc(C)c1. The highest BCUT2D eigenvalue weighted by Gasteiger charge is 2.10. The number of carbonyl (C=O) groups is 1. The highest BCUT2D eigenvalue weighted by Crippen LogP contribution is 2.19. The van der Waals surface area contributed by atoms with E-state index < -0.39 is 0 Å². The molecule has 24 heavy (non-hydrogen) atoms. The normalized spacial score (nSPS) is 10.7. The molecule has 0 saturated heterocycles. The van der Waals surface area contributed by atoms with Crippen molar-refractivity contribution in [2.24, 2.45) is 0 Å². The maximum atomic E-state index is 12.3. The number of anilines is 1. The van der Waals surface area contributed by atoms with E-state index in [-0.39, 0.29) is 5.91 Å². The molecule has 2 aromatic carbocycles. The molecular formula is C20H26N2O2. The molecule has 0 atom stereocenters. The van der Waals surface area contributed by atoms with Gasteiger partial charge in [0.2, 0.25) is 5.91 Å². The van der Waals surface area contributed by atoms with Crippen LogP contribution in [0.4, 0.5) is 5.69 Å². The summed E-state index contributed by atoms with van der Waals surface area (Å²) in [7, 11) is 1.93. The van der Waals surface area contributed by atoms with E-state index in [1.165, 1.54) is 0 Å². The van der Waals surface area contributed by atoms with Gasteiger partial charge >= 0.3 is 0 Å². The van der Waals surface area contributed by atoms with Gasteiger partial charge in [-0.15, -0.1) is 0 Å². The summed E-state index contributed by atoms with van der Waals surface area (Å²) in [5, 5.41) is 2.97. The van der Waals surface area contributed by atoms with Gasteiger partial charge in [0.25, 0.3) is 0 Å². The van der Waals surface area contributed by atoms with Crippen molar-refractivity contribution in [3.05, 3.63) is 59.2 Å². The molecule has 128 valence electrons. The number of benzene rings is 2. The number of ether oxygens (including phenoxy) is 1. The molecule has 0 aliphatic carbocycles. The fraction of sp³-hybridized carbons (Fsp3) is 0.350. The number of aryl methyl sites for hydroxylation is 2. The van der Waals surface area contributed by atoms with Gasteiger partial charge in [-0.1, -0.05) is 24.3 Å². The minimum Gasteiger partial charge on any atom is -0.494 e. The second-order valence-electron chi connectivity index (χ2n) is 6.14. The first-order chi connectivity index (χ1) is 11.5. The van der Waals surface area contributed by atoms with Crippen LogP contribution in [0.5, 0.6) is 5.75 Å². The third kappa shape index (κ3) is 5.39. The van der Waals surface area contributed by atoms with Crippen molar-refractivity contribution >= 4 is 11.6 Å². The Bertz CT molecular complexity index is 678. The van der Waals surface area contributed by atoms with Crippen LogP contribution in [0.1, 0.15) is 23.6 Å². The number of para-hydroxylation sites is 1. The van der Waals surface area contributed by atoms with Gasteiger partial charge < -0.3 is 10.1 Å².